The largest absolute Gasteiger partial charge is 0.271 e. The van der Waals surface area contributed by atoms with E-state index in [0.717, 1.165) is 12.3 Å². The molecular weight excluding hydrogens is 220 g/mol. The van der Waals surface area contributed by atoms with Gasteiger partial charge in [0.15, 0.2) is 0 Å². The van der Waals surface area contributed by atoms with Gasteiger partial charge in [0.05, 0.1) is 0 Å². The molecule has 0 bridgehead atoms. The van der Waals surface area contributed by atoms with Crippen molar-refractivity contribution in [3.8, 4) is 0 Å². The Kier molecular flexibility index (Phi) is 4.41. The third-order valence-corrected chi connectivity index (χ3v) is 4.32. The van der Waals surface area contributed by atoms with Gasteiger partial charge in [-0.2, -0.15) is 0 Å². The first-order chi connectivity index (χ1) is 8.61. The summed E-state index contributed by atoms with van der Waals surface area (Å²) in [7, 11) is 0. The van der Waals surface area contributed by atoms with Crippen LogP contribution in [0.15, 0.2) is 24.3 Å². The SMILES string of the molecule is CC(C)c1ccc(CC(NN)C(C)C2CC2)cc1. The molecule has 1 aliphatic rings. The Bertz CT molecular complexity index is 365. The minimum Gasteiger partial charge on any atom is -0.271 e. The van der Waals surface area contributed by atoms with Crippen LogP contribution in [0.1, 0.15) is 50.7 Å². The van der Waals surface area contributed by atoms with E-state index in [1.165, 1.54) is 24.0 Å². The van der Waals surface area contributed by atoms with E-state index in [9.17, 15) is 0 Å². The van der Waals surface area contributed by atoms with E-state index in [4.69, 9.17) is 5.84 Å². The van der Waals surface area contributed by atoms with Crippen LogP contribution in [0.3, 0.4) is 0 Å². The molecule has 18 heavy (non-hydrogen) atoms. The molecule has 0 amide bonds. The van der Waals surface area contributed by atoms with Gasteiger partial charge >= 0.3 is 0 Å². The van der Waals surface area contributed by atoms with Crippen LogP contribution in [0.25, 0.3) is 0 Å². The number of hydrogen-bond acceptors (Lipinski definition) is 2. The number of benzene rings is 1. The van der Waals surface area contributed by atoms with Gasteiger partial charge < -0.3 is 0 Å². The maximum absolute atomic E-state index is 5.72. The summed E-state index contributed by atoms with van der Waals surface area (Å²) in [5.41, 5.74) is 5.80. The van der Waals surface area contributed by atoms with Crippen LogP contribution < -0.4 is 11.3 Å². The topological polar surface area (TPSA) is 38.0 Å². The summed E-state index contributed by atoms with van der Waals surface area (Å²) < 4.78 is 0. The second kappa shape index (κ2) is 5.85. The van der Waals surface area contributed by atoms with Gasteiger partial charge in [-0.05, 0) is 48.1 Å². The van der Waals surface area contributed by atoms with Gasteiger partial charge in [-0.25, -0.2) is 0 Å². The lowest BCUT2D eigenvalue weighted by Crippen LogP contribution is -2.42. The molecule has 2 unspecified atom stereocenters. The van der Waals surface area contributed by atoms with Crippen molar-refractivity contribution >= 4 is 0 Å². The molecule has 0 heterocycles. The molecule has 0 spiro atoms. The van der Waals surface area contributed by atoms with Crippen molar-refractivity contribution < 1.29 is 0 Å². The molecule has 2 rings (SSSR count). The van der Waals surface area contributed by atoms with Gasteiger partial charge in [-0.3, -0.25) is 11.3 Å². The summed E-state index contributed by atoms with van der Waals surface area (Å²) >= 11 is 0. The van der Waals surface area contributed by atoms with Crippen molar-refractivity contribution in [2.24, 2.45) is 17.7 Å². The third-order valence-electron chi connectivity index (χ3n) is 4.32. The van der Waals surface area contributed by atoms with E-state index in [1.54, 1.807) is 0 Å². The molecule has 1 saturated carbocycles. The molecule has 3 N–H and O–H groups in total. The molecule has 1 aliphatic carbocycles. The fourth-order valence-corrected chi connectivity index (χ4v) is 2.64. The zero-order chi connectivity index (χ0) is 13.1. The highest BCUT2D eigenvalue weighted by Gasteiger charge is 2.32. The summed E-state index contributed by atoms with van der Waals surface area (Å²) in [5, 5.41) is 0. The smallest absolute Gasteiger partial charge is 0.0279 e. The van der Waals surface area contributed by atoms with Crippen molar-refractivity contribution in [1.29, 1.82) is 0 Å². The lowest BCUT2D eigenvalue weighted by molar-refractivity contribution is 0.343. The first-order valence-corrected chi connectivity index (χ1v) is 7.16. The lowest BCUT2D eigenvalue weighted by Gasteiger charge is -2.23. The van der Waals surface area contributed by atoms with Gasteiger partial charge in [0, 0.05) is 6.04 Å². The van der Waals surface area contributed by atoms with Crippen LogP contribution in [-0.4, -0.2) is 6.04 Å². The molecule has 0 aliphatic heterocycles. The van der Waals surface area contributed by atoms with Gasteiger partial charge in [0.25, 0.3) is 0 Å². The average molecular weight is 246 g/mol. The van der Waals surface area contributed by atoms with Gasteiger partial charge in [0.2, 0.25) is 0 Å². The molecule has 0 saturated heterocycles. The quantitative estimate of drug-likeness (QED) is 0.597. The monoisotopic (exact) mass is 246 g/mol. The molecule has 0 aromatic heterocycles. The Hall–Kier alpha value is -0.860. The minimum atomic E-state index is 0.405. The van der Waals surface area contributed by atoms with E-state index < -0.39 is 0 Å². The second-order valence-electron chi connectivity index (χ2n) is 6.07. The fraction of sp³-hybridized carbons (Fsp3) is 0.625. The van der Waals surface area contributed by atoms with Crippen LogP contribution in [-0.2, 0) is 6.42 Å². The second-order valence-corrected chi connectivity index (χ2v) is 6.07. The number of rotatable bonds is 6. The van der Waals surface area contributed by atoms with E-state index in [2.05, 4.69) is 50.5 Å². The highest BCUT2D eigenvalue weighted by molar-refractivity contribution is 5.25. The molecule has 100 valence electrons. The van der Waals surface area contributed by atoms with E-state index >= 15 is 0 Å². The molecule has 1 fully saturated rings. The standard InChI is InChI=1S/C16H26N2/c1-11(2)14-6-4-13(5-7-14)10-16(18-17)12(3)15-8-9-15/h4-7,11-12,15-16,18H,8-10,17H2,1-3H3. The molecule has 1 aromatic carbocycles. The third kappa shape index (κ3) is 3.33. The lowest BCUT2D eigenvalue weighted by atomic mass is 9.91. The summed E-state index contributed by atoms with van der Waals surface area (Å²) in [5.74, 6) is 7.89. The predicted molar refractivity (Wildman–Crippen MR) is 77.2 cm³/mol. The molecule has 0 radical (unpaired) electrons. The maximum Gasteiger partial charge on any atom is 0.0279 e. The van der Waals surface area contributed by atoms with Crippen LogP contribution in [0.4, 0.5) is 0 Å². The van der Waals surface area contributed by atoms with Crippen LogP contribution >= 0.6 is 0 Å². The highest BCUT2D eigenvalue weighted by atomic mass is 15.2. The zero-order valence-electron chi connectivity index (χ0n) is 11.8. The van der Waals surface area contributed by atoms with E-state index in [-0.39, 0.29) is 0 Å². The summed E-state index contributed by atoms with van der Waals surface area (Å²) in [4.78, 5) is 0. The van der Waals surface area contributed by atoms with Crippen molar-refractivity contribution in [2.45, 2.75) is 52.0 Å². The summed E-state index contributed by atoms with van der Waals surface area (Å²) in [6.07, 6.45) is 3.80. The summed E-state index contributed by atoms with van der Waals surface area (Å²) in [6.45, 7) is 6.79. The Morgan fingerprint density at radius 2 is 1.78 bits per heavy atom. The Morgan fingerprint density at radius 3 is 2.22 bits per heavy atom. The fourth-order valence-electron chi connectivity index (χ4n) is 2.64. The number of hydrazine groups is 1. The number of nitrogens with one attached hydrogen (secondary N) is 1. The van der Waals surface area contributed by atoms with E-state index in [0.29, 0.717) is 17.9 Å². The number of hydrogen-bond donors (Lipinski definition) is 2. The highest BCUT2D eigenvalue weighted by Crippen LogP contribution is 2.38. The predicted octanol–water partition coefficient (Wildman–Crippen LogP) is 3.23. The normalized spacial score (nSPS) is 18.9. The zero-order valence-corrected chi connectivity index (χ0v) is 11.8. The Labute approximate surface area is 111 Å². The first-order valence-electron chi connectivity index (χ1n) is 7.16. The van der Waals surface area contributed by atoms with Crippen LogP contribution in [0.5, 0.6) is 0 Å². The first kappa shape index (κ1) is 13.6. The molecule has 2 heteroatoms. The van der Waals surface area contributed by atoms with Gasteiger partial charge in [-0.15, -0.1) is 0 Å². The van der Waals surface area contributed by atoms with Gasteiger partial charge in [0.1, 0.15) is 0 Å². The maximum atomic E-state index is 5.72. The van der Waals surface area contributed by atoms with Crippen LogP contribution in [0.2, 0.25) is 0 Å². The number of nitrogens with two attached hydrogens (primary N) is 1. The van der Waals surface area contributed by atoms with E-state index in [1.807, 2.05) is 0 Å². The van der Waals surface area contributed by atoms with Gasteiger partial charge in [-0.1, -0.05) is 45.0 Å². The van der Waals surface area contributed by atoms with Crippen LogP contribution in [0, 0.1) is 11.8 Å². The summed E-state index contributed by atoms with van der Waals surface area (Å²) in [6, 6.07) is 9.39. The van der Waals surface area contributed by atoms with Crippen molar-refractivity contribution in [1.82, 2.24) is 5.43 Å². The van der Waals surface area contributed by atoms with Crippen molar-refractivity contribution in [3.05, 3.63) is 35.4 Å². The molecular formula is C16H26N2. The minimum absolute atomic E-state index is 0.405. The Balaban J connectivity index is 1.98. The van der Waals surface area contributed by atoms with Crippen molar-refractivity contribution in [3.63, 3.8) is 0 Å². The molecule has 1 aromatic rings. The average Bonchev–Trinajstić information content (AvgIpc) is 3.20. The Morgan fingerprint density at radius 1 is 1.17 bits per heavy atom. The van der Waals surface area contributed by atoms with Crippen molar-refractivity contribution in [2.75, 3.05) is 0 Å². The molecule has 2 nitrogen and oxygen atoms in total. The molecule has 2 atom stereocenters.